The largest absolute Gasteiger partial charge is 0.392 e. The summed E-state index contributed by atoms with van der Waals surface area (Å²) in [5, 5.41) is 14.8. The number of aliphatic hydroxyl groups is 1. The molecule has 1 saturated heterocycles. The molecular formula is C20H19ClFN3O2. The molecule has 0 radical (unpaired) electrons. The van der Waals surface area contributed by atoms with E-state index in [1.54, 1.807) is 19.1 Å². The van der Waals surface area contributed by atoms with Crippen molar-refractivity contribution in [1.29, 1.82) is 0 Å². The van der Waals surface area contributed by atoms with Crippen molar-refractivity contribution in [2.24, 2.45) is 0 Å². The van der Waals surface area contributed by atoms with E-state index >= 15 is 0 Å². The van der Waals surface area contributed by atoms with Gasteiger partial charge in [0, 0.05) is 23.7 Å². The van der Waals surface area contributed by atoms with E-state index in [2.05, 4.69) is 15.0 Å². The molecule has 0 spiro atoms. The molecule has 7 heteroatoms. The van der Waals surface area contributed by atoms with Crippen LogP contribution in [0.25, 0.3) is 11.4 Å². The van der Waals surface area contributed by atoms with Crippen molar-refractivity contribution < 1.29 is 14.0 Å². The lowest BCUT2D eigenvalue weighted by Crippen LogP contribution is -2.24. The Hall–Kier alpha value is -2.28. The Morgan fingerprint density at radius 3 is 2.78 bits per heavy atom. The van der Waals surface area contributed by atoms with E-state index in [0.29, 0.717) is 47.4 Å². The van der Waals surface area contributed by atoms with Gasteiger partial charge in [-0.15, -0.1) is 0 Å². The highest BCUT2D eigenvalue weighted by Gasteiger charge is 2.36. The fourth-order valence-corrected chi connectivity index (χ4v) is 3.48. The van der Waals surface area contributed by atoms with Gasteiger partial charge in [0.2, 0.25) is 11.7 Å². The van der Waals surface area contributed by atoms with E-state index in [9.17, 15) is 9.50 Å². The first-order chi connectivity index (χ1) is 13.0. The minimum atomic E-state index is -0.463. The van der Waals surface area contributed by atoms with Crippen LogP contribution in [0.15, 0.2) is 47.0 Å². The third kappa shape index (κ3) is 3.88. The number of aromatic nitrogens is 2. The van der Waals surface area contributed by atoms with Gasteiger partial charge in [0.1, 0.15) is 5.82 Å². The summed E-state index contributed by atoms with van der Waals surface area (Å²) < 4.78 is 19.3. The van der Waals surface area contributed by atoms with E-state index in [0.717, 1.165) is 5.56 Å². The molecule has 1 aliphatic heterocycles. The first-order valence-corrected chi connectivity index (χ1v) is 9.14. The van der Waals surface area contributed by atoms with Crippen LogP contribution in [0.1, 0.15) is 29.5 Å². The zero-order valence-corrected chi connectivity index (χ0v) is 15.5. The molecule has 2 unspecified atom stereocenters. The number of rotatable bonds is 4. The van der Waals surface area contributed by atoms with Crippen molar-refractivity contribution in [3.8, 4) is 11.4 Å². The Balaban J connectivity index is 1.56. The molecule has 140 valence electrons. The number of nitrogens with zero attached hydrogens (tertiary/aromatic N) is 3. The normalized spacial score (nSPS) is 20.3. The minimum absolute atomic E-state index is 0.188. The summed E-state index contributed by atoms with van der Waals surface area (Å²) >= 11 is 5.94. The zero-order chi connectivity index (χ0) is 19.0. The SMILES string of the molecule is Cc1ccc(-c2noc(C3CC(O)CN3Cc3ccc(Cl)cc3)n2)cc1F. The Kier molecular flexibility index (Phi) is 4.95. The van der Waals surface area contributed by atoms with Crippen molar-refractivity contribution in [2.45, 2.75) is 32.0 Å². The van der Waals surface area contributed by atoms with Gasteiger partial charge in [0.15, 0.2) is 0 Å². The lowest BCUT2D eigenvalue weighted by Gasteiger charge is -2.21. The van der Waals surface area contributed by atoms with Crippen molar-refractivity contribution in [1.82, 2.24) is 15.0 Å². The highest BCUT2D eigenvalue weighted by molar-refractivity contribution is 6.30. The van der Waals surface area contributed by atoms with Gasteiger partial charge in [-0.1, -0.05) is 41.0 Å². The molecule has 2 atom stereocenters. The summed E-state index contributed by atoms with van der Waals surface area (Å²) in [5.74, 6) is 0.465. The van der Waals surface area contributed by atoms with Gasteiger partial charge in [0.05, 0.1) is 12.1 Å². The molecule has 0 aliphatic carbocycles. The Morgan fingerprint density at radius 2 is 2.04 bits per heavy atom. The average molecular weight is 388 g/mol. The third-order valence-corrected chi connectivity index (χ3v) is 5.09. The summed E-state index contributed by atoms with van der Waals surface area (Å²) in [5.41, 5.74) is 2.21. The van der Waals surface area contributed by atoms with Crippen molar-refractivity contribution in [3.63, 3.8) is 0 Å². The minimum Gasteiger partial charge on any atom is -0.392 e. The number of aryl methyl sites for hydroxylation is 1. The molecule has 27 heavy (non-hydrogen) atoms. The Bertz CT molecular complexity index is 945. The van der Waals surface area contributed by atoms with E-state index in [4.69, 9.17) is 16.1 Å². The second kappa shape index (κ2) is 7.38. The highest BCUT2D eigenvalue weighted by Crippen LogP contribution is 2.33. The Morgan fingerprint density at radius 1 is 1.26 bits per heavy atom. The summed E-state index contributed by atoms with van der Waals surface area (Å²) in [4.78, 5) is 6.55. The van der Waals surface area contributed by atoms with Gasteiger partial charge in [-0.05, 0) is 42.7 Å². The molecule has 2 aromatic carbocycles. The van der Waals surface area contributed by atoms with Gasteiger partial charge in [-0.2, -0.15) is 4.98 Å². The second-order valence-corrected chi connectivity index (χ2v) is 7.32. The molecule has 5 nitrogen and oxygen atoms in total. The number of hydrogen-bond donors (Lipinski definition) is 1. The van der Waals surface area contributed by atoms with Gasteiger partial charge in [-0.3, -0.25) is 4.90 Å². The quantitative estimate of drug-likeness (QED) is 0.728. The lowest BCUT2D eigenvalue weighted by molar-refractivity contribution is 0.169. The van der Waals surface area contributed by atoms with E-state index < -0.39 is 6.10 Å². The third-order valence-electron chi connectivity index (χ3n) is 4.84. The molecule has 0 amide bonds. The molecule has 1 aromatic heterocycles. The maximum Gasteiger partial charge on any atom is 0.244 e. The van der Waals surface area contributed by atoms with Crippen LogP contribution in [0, 0.1) is 12.7 Å². The van der Waals surface area contributed by atoms with Crippen molar-refractivity contribution in [2.75, 3.05) is 6.54 Å². The van der Waals surface area contributed by atoms with Gasteiger partial charge in [-0.25, -0.2) is 4.39 Å². The lowest BCUT2D eigenvalue weighted by atomic mass is 10.1. The van der Waals surface area contributed by atoms with Gasteiger partial charge in [0.25, 0.3) is 0 Å². The zero-order valence-electron chi connectivity index (χ0n) is 14.8. The molecule has 3 aromatic rings. The van der Waals surface area contributed by atoms with Crippen LogP contribution in [-0.4, -0.2) is 32.8 Å². The van der Waals surface area contributed by atoms with Crippen LogP contribution in [0.5, 0.6) is 0 Å². The van der Waals surface area contributed by atoms with Crippen molar-refractivity contribution >= 4 is 11.6 Å². The molecule has 1 aliphatic rings. The number of likely N-dealkylation sites (tertiary alicyclic amines) is 1. The number of aliphatic hydroxyl groups excluding tert-OH is 1. The topological polar surface area (TPSA) is 62.4 Å². The van der Waals surface area contributed by atoms with Crippen LogP contribution >= 0.6 is 11.6 Å². The van der Waals surface area contributed by atoms with E-state index in [1.807, 2.05) is 24.3 Å². The molecule has 2 heterocycles. The van der Waals surface area contributed by atoms with E-state index in [-0.39, 0.29) is 11.9 Å². The predicted octanol–water partition coefficient (Wildman–Crippen LogP) is 4.15. The van der Waals surface area contributed by atoms with Crippen LogP contribution in [0.4, 0.5) is 4.39 Å². The first-order valence-electron chi connectivity index (χ1n) is 8.76. The smallest absolute Gasteiger partial charge is 0.244 e. The number of hydrogen-bond acceptors (Lipinski definition) is 5. The summed E-state index contributed by atoms with van der Waals surface area (Å²) in [6, 6.07) is 12.3. The summed E-state index contributed by atoms with van der Waals surface area (Å²) in [6.07, 6.45) is 0.0479. The molecule has 4 rings (SSSR count). The standard InChI is InChI=1S/C20H19ClFN3O2/c1-12-2-5-14(8-17(12)22)19-23-20(27-24-19)18-9-16(26)11-25(18)10-13-3-6-15(21)7-4-13/h2-8,16,18,26H,9-11H2,1H3. The molecule has 0 bridgehead atoms. The van der Waals surface area contributed by atoms with Crippen LogP contribution < -0.4 is 0 Å². The van der Waals surface area contributed by atoms with Gasteiger partial charge >= 0.3 is 0 Å². The van der Waals surface area contributed by atoms with Crippen LogP contribution in [0.3, 0.4) is 0 Å². The van der Waals surface area contributed by atoms with E-state index in [1.165, 1.54) is 6.07 Å². The fraction of sp³-hybridized carbons (Fsp3) is 0.300. The highest BCUT2D eigenvalue weighted by atomic mass is 35.5. The molecular weight excluding hydrogens is 369 g/mol. The number of halogens is 2. The van der Waals surface area contributed by atoms with Gasteiger partial charge < -0.3 is 9.63 Å². The Labute approximate surface area is 161 Å². The second-order valence-electron chi connectivity index (χ2n) is 6.88. The summed E-state index contributed by atoms with van der Waals surface area (Å²) in [6.45, 7) is 2.86. The average Bonchev–Trinajstić information content (AvgIpc) is 3.26. The maximum atomic E-state index is 13.8. The molecule has 0 saturated carbocycles. The van der Waals surface area contributed by atoms with Crippen LogP contribution in [-0.2, 0) is 6.54 Å². The molecule has 1 N–H and O–H groups in total. The predicted molar refractivity (Wildman–Crippen MR) is 99.7 cm³/mol. The summed E-state index contributed by atoms with van der Waals surface area (Å²) in [7, 11) is 0. The fourth-order valence-electron chi connectivity index (χ4n) is 3.36. The monoisotopic (exact) mass is 387 g/mol. The van der Waals surface area contributed by atoms with Crippen molar-refractivity contribution in [3.05, 3.63) is 70.3 Å². The first kappa shape index (κ1) is 18.1. The maximum absolute atomic E-state index is 13.8. The number of benzene rings is 2. The van der Waals surface area contributed by atoms with Crippen LogP contribution in [0.2, 0.25) is 5.02 Å². The molecule has 1 fully saturated rings. The number of β-amino-alcohol motifs (C(OH)–C–C–N with tert-alkyl or cyclic N) is 1.